The number of hydrogen-bond acceptors (Lipinski definition) is 3. The van der Waals surface area contributed by atoms with Crippen LogP contribution in [0.15, 0.2) is 24.3 Å². The molecule has 0 saturated carbocycles. The molecule has 1 aliphatic heterocycles. The summed E-state index contributed by atoms with van der Waals surface area (Å²) in [5, 5.41) is 3.38. The fourth-order valence-corrected chi connectivity index (χ4v) is 4.59. The second kappa shape index (κ2) is 5.49. The lowest BCUT2D eigenvalue weighted by Gasteiger charge is -2.21. The van der Waals surface area contributed by atoms with Gasteiger partial charge in [0.05, 0.1) is 11.5 Å². The Labute approximate surface area is 122 Å². The van der Waals surface area contributed by atoms with Crippen LogP contribution in [-0.2, 0) is 15.3 Å². The van der Waals surface area contributed by atoms with Crippen molar-refractivity contribution < 1.29 is 8.42 Å². The SMILES string of the molecule is CC1CNC(c2ccc(C(C)(C)C)cc2)CS(=O)(=O)C1. The zero-order chi connectivity index (χ0) is 15.0. The molecule has 1 aliphatic rings. The molecule has 2 rings (SSSR count). The second-order valence-electron chi connectivity index (χ2n) is 7.01. The number of nitrogens with one attached hydrogen (secondary N) is 1. The molecule has 1 aromatic rings. The van der Waals surface area contributed by atoms with Crippen molar-refractivity contribution in [3.05, 3.63) is 35.4 Å². The molecule has 2 atom stereocenters. The van der Waals surface area contributed by atoms with Gasteiger partial charge in [-0.05, 0) is 29.0 Å². The first-order chi connectivity index (χ1) is 9.17. The van der Waals surface area contributed by atoms with E-state index in [1.807, 2.05) is 6.92 Å². The van der Waals surface area contributed by atoms with Crippen LogP contribution in [0.25, 0.3) is 0 Å². The normalized spacial score (nSPS) is 27.0. The van der Waals surface area contributed by atoms with E-state index in [1.54, 1.807) is 0 Å². The van der Waals surface area contributed by atoms with E-state index >= 15 is 0 Å². The Kier molecular flexibility index (Phi) is 4.26. The third kappa shape index (κ3) is 3.83. The predicted octanol–water partition coefficient (Wildman–Crippen LogP) is 2.68. The number of benzene rings is 1. The summed E-state index contributed by atoms with van der Waals surface area (Å²) < 4.78 is 24.1. The molecule has 1 heterocycles. The Morgan fingerprint density at radius 1 is 1.10 bits per heavy atom. The van der Waals surface area contributed by atoms with Crippen LogP contribution in [0.2, 0.25) is 0 Å². The van der Waals surface area contributed by atoms with E-state index in [4.69, 9.17) is 0 Å². The Hall–Kier alpha value is -0.870. The molecule has 1 fully saturated rings. The van der Waals surface area contributed by atoms with E-state index in [1.165, 1.54) is 5.56 Å². The molecule has 0 bridgehead atoms. The predicted molar refractivity (Wildman–Crippen MR) is 83.7 cm³/mol. The highest BCUT2D eigenvalue weighted by Crippen LogP contribution is 2.25. The summed E-state index contributed by atoms with van der Waals surface area (Å²) in [4.78, 5) is 0. The van der Waals surface area contributed by atoms with E-state index < -0.39 is 9.84 Å². The third-order valence-corrected chi connectivity index (χ3v) is 5.77. The lowest BCUT2D eigenvalue weighted by molar-refractivity contribution is 0.517. The average molecular weight is 295 g/mol. The first kappa shape index (κ1) is 15.5. The highest BCUT2D eigenvalue weighted by atomic mass is 32.2. The Bertz CT molecular complexity index is 555. The summed E-state index contributed by atoms with van der Waals surface area (Å²) in [5.74, 6) is 0.668. The van der Waals surface area contributed by atoms with Crippen LogP contribution in [0.5, 0.6) is 0 Å². The van der Waals surface area contributed by atoms with Crippen LogP contribution < -0.4 is 5.32 Å². The molecule has 0 aliphatic carbocycles. The minimum Gasteiger partial charge on any atom is -0.309 e. The minimum absolute atomic E-state index is 0.0843. The fraction of sp³-hybridized carbons (Fsp3) is 0.625. The second-order valence-corrected chi connectivity index (χ2v) is 9.17. The van der Waals surface area contributed by atoms with E-state index in [2.05, 4.69) is 50.4 Å². The Morgan fingerprint density at radius 3 is 2.25 bits per heavy atom. The lowest BCUT2D eigenvalue weighted by atomic mass is 9.86. The van der Waals surface area contributed by atoms with E-state index in [-0.39, 0.29) is 28.9 Å². The summed E-state index contributed by atoms with van der Waals surface area (Å²) in [6, 6.07) is 8.25. The van der Waals surface area contributed by atoms with E-state index in [9.17, 15) is 8.42 Å². The maximum Gasteiger partial charge on any atom is 0.152 e. The van der Waals surface area contributed by atoms with Gasteiger partial charge in [0, 0.05) is 6.04 Å². The Morgan fingerprint density at radius 2 is 1.70 bits per heavy atom. The van der Waals surface area contributed by atoms with Gasteiger partial charge >= 0.3 is 0 Å². The third-order valence-electron chi connectivity index (χ3n) is 3.85. The van der Waals surface area contributed by atoms with Gasteiger partial charge in [0.15, 0.2) is 9.84 Å². The van der Waals surface area contributed by atoms with Gasteiger partial charge in [-0.25, -0.2) is 8.42 Å². The molecular weight excluding hydrogens is 270 g/mol. The molecule has 1 N–H and O–H groups in total. The van der Waals surface area contributed by atoms with Gasteiger partial charge in [0.1, 0.15) is 0 Å². The molecule has 2 unspecified atom stereocenters. The largest absolute Gasteiger partial charge is 0.309 e. The summed E-state index contributed by atoms with van der Waals surface area (Å²) in [7, 11) is -2.97. The number of sulfone groups is 1. The number of hydrogen-bond donors (Lipinski definition) is 1. The van der Waals surface area contributed by atoms with Gasteiger partial charge in [0.2, 0.25) is 0 Å². The standard InChI is InChI=1S/C16H25NO2S/c1-12-9-17-15(11-20(18,19)10-12)13-5-7-14(8-6-13)16(2,3)4/h5-8,12,15,17H,9-11H2,1-4H3. The molecule has 112 valence electrons. The molecule has 1 saturated heterocycles. The zero-order valence-electron chi connectivity index (χ0n) is 12.8. The minimum atomic E-state index is -2.97. The van der Waals surface area contributed by atoms with Crippen LogP contribution in [0, 0.1) is 5.92 Å². The Balaban J connectivity index is 2.23. The fourth-order valence-electron chi connectivity index (χ4n) is 2.65. The van der Waals surface area contributed by atoms with Crippen LogP contribution in [0.4, 0.5) is 0 Å². The molecule has 1 aromatic carbocycles. The van der Waals surface area contributed by atoms with Crippen LogP contribution in [0.1, 0.15) is 44.9 Å². The molecule has 20 heavy (non-hydrogen) atoms. The molecule has 0 spiro atoms. The van der Waals surface area contributed by atoms with Gasteiger partial charge < -0.3 is 5.32 Å². The van der Waals surface area contributed by atoms with E-state index in [0.717, 1.165) is 12.1 Å². The first-order valence-corrected chi connectivity index (χ1v) is 9.04. The van der Waals surface area contributed by atoms with Gasteiger partial charge in [-0.15, -0.1) is 0 Å². The van der Waals surface area contributed by atoms with Gasteiger partial charge in [0.25, 0.3) is 0 Å². The average Bonchev–Trinajstić information content (AvgIpc) is 2.46. The van der Waals surface area contributed by atoms with Crippen molar-refractivity contribution in [3.8, 4) is 0 Å². The number of rotatable bonds is 1. The lowest BCUT2D eigenvalue weighted by Crippen LogP contribution is -2.26. The maximum atomic E-state index is 12.1. The molecule has 0 radical (unpaired) electrons. The van der Waals surface area contributed by atoms with Crippen molar-refractivity contribution in [2.45, 2.75) is 39.2 Å². The van der Waals surface area contributed by atoms with Gasteiger partial charge in [-0.2, -0.15) is 0 Å². The molecule has 3 nitrogen and oxygen atoms in total. The van der Waals surface area contributed by atoms with Crippen LogP contribution in [0.3, 0.4) is 0 Å². The monoisotopic (exact) mass is 295 g/mol. The van der Waals surface area contributed by atoms with Crippen LogP contribution >= 0.6 is 0 Å². The van der Waals surface area contributed by atoms with Crippen molar-refractivity contribution in [2.75, 3.05) is 18.1 Å². The summed E-state index contributed by atoms with van der Waals surface area (Å²) >= 11 is 0. The highest BCUT2D eigenvalue weighted by molar-refractivity contribution is 7.91. The molecular formula is C16H25NO2S. The quantitative estimate of drug-likeness (QED) is 0.866. The topological polar surface area (TPSA) is 46.2 Å². The van der Waals surface area contributed by atoms with Crippen LogP contribution in [-0.4, -0.2) is 26.5 Å². The van der Waals surface area contributed by atoms with Crippen molar-refractivity contribution in [1.82, 2.24) is 5.32 Å². The van der Waals surface area contributed by atoms with Gasteiger partial charge in [-0.3, -0.25) is 0 Å². The summed E-state index contributed by atoms with van der Waals surface area (Å²) in [5.41, 5.74) is 2.46. The highest BCUT2D eigenvalue weighted by Gasteiger charge is 2.27. The smallest absolute Gasteiger partial charge is 0.152 e. The van der Waals surface area contributed by atoms with Crippen molar-refractivity contribution >= 4 is 9.84 Å². The maximum absolute atomic E-state index is 12.1. The van der Waals surface area contributed by atoms with Crippen molar-refractivity contribution in [3.63, 3.8) is 0 Å². The molecule has 0 amide bonds. The van der Waals surface area contributed by atoms with Crippen molar-refractivity contribution in [2.24, 2.45) is 5.92 Å². The zero-order valence-corrected chi connectivity index (χ0v) is 13.6. The molecule has 0 aromatic heterocycles. The first-order valence-electron chi connectivity index (χ1n) is 7.22. The van der Waals surface area contributed by atoms with Gasteiger partial charge in [-0.1, -0.05) is 52.0 Å². The summed E-state index contributed by atoms with van der Waals surface area (Å²) in [6.07, 6.45) is 0. The van der Waals surface area contributed by atoms with E-state index in [0.29, 0.717) is 0 Å². The van der Waals surface area contributed by atoms with Crippen molar-refractivity contribution in [1.29, 1.82) is 0 Å². The summed E-state index contributed by atoms with van der Waals surface area (Å²) in [6.45, 7) is 9.27. The molecule has 4 heteroatoms.